The molecule has 6 heteroatoms. The molecular formula is C54H98O6. The second-order valence-electron chi connectivity index (χ2n) is 17.4. The van der Waals surface area contributed by atoms with Gasteiger partial charge in [-0.05, 0) is 89.9 Å². The van der Waals surface area contributed by atoms with Crippen LogP contribution in [0, 0.1) is 0 Å². The Kier molecular flexibility index (Phi) is 47.3. The van der Waals surface area contributed by atoms with Gasteiger partial charge in [0.25, 0.3) is 0 Å². The molecule has 0 aliphatic carbocycles. The van der Waals surface area contributed by atoms with Crippen molar-refractivity contribution in [3.05, 3.63) is 36.5 Å². The Morgan fingerprint density at radius 1 is 0.317 bits per heavy atom. The number of rotatable bonds is 47. The molecule has 350 valence electrons. The van der Waals surface area contributed by atoms with Crippen molar-refractivity contribution in [2.24, 2.45) is 0 Å². The maximum Gasteiger partial charge on any atom is 0.306 e. The Bertz CT molecular complexity index is 1020. The lowest BCUT2D eigenvalue weighted by Crippen LogP contribution is -2.30. The highest BCUT2D eigenvalue weighted by Gasteiger charge is 2.19. The third kappa shape index (κ3) is 46.7. The van der Waals surface area contributed by atoms with E-state index in [-0.39, 0.29) is 31.1 Å². The van der Waals surface area contributed by atoms with Crippen molar-refractivity contribution in [1.82, 2.24) is 0 Å². The van der Waals surface area contributed by atoms with Crippen LogP contribution in [0.2, 0.25) is 0 Å². The third-order valence-corrected chi connectivity index (χ3v) is 11.3. The fourth-order valence-corrected chi connectivity index (χ4v) is 7.35. The minimum atomic E-state index is -0.777. The summed E-state index contributed by atoms with van der Waals surface area (Å²) in [5.74, 6) is -0.892. The summed E-state index contributed by atoms with van der Waals surface area (Å²) >= 11 is 0. The Morgan fingerprint density at radius 2 is 0.567 bits per heavy atom. The number of hydrogen-bond acceptors (Lipinski definition) is 6. The lowest BCUT2D eigenvalue weighted by Gasteiger charge is -2.18. The van der Waals surface area contributed by atoms with E-state index in [1.165, 1.54) is 154 Å². The molecule has 0 rings (SSSR count). The normalized spacial score (nSPS) is 12.2. The quantitative estimate of drug-likeness (QED) is 0.0263. The zero-order valence-corrected chi connectivity index (χ0v) is 40.0. The molecule has 6 nitrogen and oxygen atoms in total. The van der Waals surface area contributed by atoms with Gasteiger partial charge in [-0.3, -0.25) is 14.4 Å². The van der Waals surface area contributed by atoms with Gasteiger partial charge < -0.3 is 14.2 Å². The number of unbranched alkanes of at least 4 members (excludes halogenated alkanes) is 30. The van der Waals surface area contributed by atoms with Crippen LogP contribution in [-0.2, 0) is 28.6 Å². The summed E-state index contributed by atoms with van der Waals surface area (Å²) in [6.45, 7) is 6.57. The van der Waals surface area contributed by atoms with Crippen LogP contribution < -0.4 is 0 Å². The average Bonchev–Trinajstić information content (AvgIpc) is 3.24. The van der Waals surface area contributed by atoms with Gasteiger partial charge in [0.1, 0.15) is 13.2 Å². The largest absolute Gasteiger partial charge is 0.462 e. The molecule has 0 aliphatic rings. The van der Waals surface area contributed by atoms with E-state index in [1.54, 1.807) is 0 Å². The summed E-state index contributed by atoms with van der Waals surface area (Å²) in [6.07, 6.45) is 57.0. The third-order valence-electron chi connectivity index (χ3n) is 11.3. The second kappa shape index (κ2) is 49.3. The Hall–Kier alpha value is -2.37. The highest BCUT2D eigenvalue weighted by molar-refractivity contribution is 5.71. The second-order valence-corrected chi connectivity index (χ2v) is 17.4. The topological polar surface area (TPSA) is 78.9 Å². The number of allylic oxidation sites excluding steroid dienone is 6. The number of hydrogen-bond donors (Lipinski definition) is 0. The van der Waals surface area contributed by atoms with Crippen molar-refractivity contribution in [1.29, 1.82) is 0 Å². The molecule has 0 aromatic rings. The van der Waals surface area contributed by atoms with Crippen LogP contribution >= 0.6 is 0 Å². The van der Waals surface area contributed by atoms with E-state index in [9.17, 15) is 14.4 Å². The van der Waals surface area contributed by atoms with Crippen molar-refractivity contribution in [2.75, 3.05) is 13.2 Å². The molecule has 0 bridgehead atoms. The summed E-state index contributed by atoms with van der Waals surface area (Å²) in [5, 5.41) is 0. The van der Waals surface area contributed by atoms with Gasteiger partial charge in [0.05, 0.1) is 0 Å². The van der Waals surface area contributed by atoms with E-state index in [4.69, 9.17) is 14.2 Å². The summed E-state index contributed by atoms with van der Waals surface area (Å²) in [5.41, 5.74) is 0. The predicted molar refractivity (Wildman–Crippen MR) is 256 cm³/mol. The van der Waals surface area contributed by atoms with Gasteiger partial charge in [0.15, 0.2) is 6.10 Å². The van der Waals surface area contributed by atoms with Gasteiger partial charge in [0, 0.05) is 19.3 Å². The first kappa shape index (κ1) is 57.6. The van der Waals surface area contributed by atoms with Gasteiger partial charge in [-0.1, -0.05) is 198 Å². The van der Waals surface area contributed by atoms with Gasteiger partial charge in [-0.2, -0.15) is 0 Å². The first-order chi connectivity index (χ1) is 29.5. The number of carbonyl (C=O) groups excluding carboxylic acids is 3. The Labute approximate surface area is 372 Å². The summed E-state index contributed by atoms with van der Waals surface area (Å²) in [6, 6.07) is 0. The first-order valence-electron chi connectivity index (χ1n) is 26.0. The molecule has 60 heavy (non-hydrogen) atoms. The maximum absolute atomic E-state index is 12.8. The van der Waals surface area contributed by atoms with Crippen LogP contribution in [0.3, 0.4) is 0 Å². The SMILES string of the molecule is CCCC/C=C\CCCCCCCC(=O)OCC(COC(=O)CCCCCCCCCCC/C=C\CCCCCCCC)OC(=O)CCCCCCC/C=C\CCCCC. The molecule has 0 fully saturated rings. The number of carbonyl (C=O) groups is 3. The van der Waals surface area contributed by atoms with Crippen LogP contribution in [0.5, 0.6) is 0 Å². The summed E-state index contributed by atoms with van der Waals surface area (Å²) in [7, 11) is 0. The standard InChI is InChI=1S/C54H98O6/c1-4-7-10-13-16-19-22-24-25-26-27-28-29-30-33-35-38-41-44-47-53(56)59-50-51(49-58-52(55)46-43-40-37-34-31-21-18-15-12-9-6-3)60-54(57)48-45-42-39-36-32-23-20-17-14-11-8-5-2/h15,17-18,20,24-25,51H,4-14,16,19,21-23,26-50H2,1-3H3/b18-15-,20-17-,25-24-. The minimum absolute atomic E-state index is 0.0778. The molecule has 1 atom stereocenters. The fraction of sp³-hybridized carbons (Fsp3) is 0.833. The molecule has 0 heterocycles. The molecule has 0 aromatic carbocycles. The summed E-state index contributed by atoms with van der Waals surface area (Å²) in [4.78, 5) is 37.9. The smallest absolute Gasteiger partial charge is 0.306 e. The number of ether oxygens (including phenoxy) is 3. The van der Waals surface area contributed by atoms with Gasteiger partial charge in [-0.25, -0.2) is 0 Å². The average molecular weight is 843 g/mol. The zero-order chi connectivity index (χ0) is 43.7. The van der Waals surface area contributed by atoms with E-state index in [0.717, 1.165) is 77.0 Å². The van der Waals surface area contributed by atoms with Gasteiger partial charge in [0.2, 0.25) is 0 Å². The molecule has 0 saturated carbocycles. The van der Waals surface area contributed by atoms with Crippen LogP contribution in [0.4, 0.5) is 0 Å². The van der Waals surface area contributed by atoms with Crippen molar-refractivity contribution in [2.45, 2.75) is 277 Å². The Morgan fingerprint density at radius 3 is 0.917 bits per heavy atom. The van der Waals surface area contributed by atoms with E-state index < -0.39 is 6.10 Å². The van der Waals surface area contributed by atoms with E-state index in [2.05, 4.69) is 57.2 Å². The molecule has 0 saturated heterocycles. The van der Waals surface area contributed by atoms with Crippen molar-refractivity contribution >= 4 is 17.9 Å². The lowest BCUT2D eigenvalue weighted by molar-refractivity contribution is -0.167. The minimum Gasteiger partial charge on any atom is -0.462 e. The van der Waals surface area contributed by atoms with E-state index >= 15 is 0 Å². The number of esters is 3. The zero-order valence-electron chi connectivity index (χ0n) is 40.0. The lowest BCUT2D eigenvalue weighted by atomic mass is 10.1. The van der Waals surface area contributed by atoms with Crippen molar-refractivity contribution < 1.29 is 28.6 Å². The first-order valence-corrected chi connectivity index (χ1v) is 26.0. The van der Waals surface area contributed by atoms with E-state index in [0.29, 0.717) is 19.3 Å². The molecule has 0 aromatic heterocycles. The molecule has 1 unspecified atom stereocenters. The molecule has 0 N–H and O–H groups in total. The van der Waals surface area contributed by atoms with E-state index in [1.807, 2.05) is 0 Å². The predicted octanol–water partition coefficient (Wildman–Crippen LogP) is 16.9. The molecule has 0 radical (unpaired) electrons. The fourth-order valence-electron chi connectivity index (χ4n) is 7.35. The van der Waals surface area contributed by atoms with Crippen molar-refractivity contribution in [3.8, 4) is 0 Å². The molecule has 0 spiro atoms. The van der Waals surface area contributed by atoms with Gasteiger partial charge in [-0.15, -0.1) is 0 Å². The van der Waals surface area contributed by atoms with Gasteiger partial charge >= 0.3 is 17.9 Å². The molecule has 0 aliphatic heterocycles. The van der Waals surface area contributed by atoms with Crippen LogP contribution in [-0.4, -0.2) is 37.2 Å². The molecular weight excluding hydrogens is 745 g/mol. The van der Waals surface area contributed by atoms with Crippen LogP contribution in [0.1, 0.15) is 271 Å². The van der Waals surface area contributed by atoms with Crippen LogP contribution in [0.25, 0.3) is 0 Å². The highest BCUT2D eigenvalue weighted by atomic mass is 16.6. The van der Waals surface area contributed by atoms with Crippen LogP contribution in [0.15, 0.2) is 36.5 Å². The highest BCUT2D eigenvalue weighted by Crippen LogP contribution is 2.15. The molecule has 0 amide bonds. The summed E-state index contributed by atoms with van der Waals surface area (Å²) < 4.78 is 16.8. The maximum atomic E-state index is 12.8. The van der Waals surface area contributed by atoms with Crippen molar-refractivity contribution in [3.63, 3.8) is 0 Å². The monoisotopic (exact) mass is 843 g/mol. The Balaban J connectivity index is 4.30.